The summed E-state index contributed by atoms with van der Waals surface area (Å²) in [6, 6.07) is 0. The van der Waals surface area contributed by atoms with Gasteiger partial charge in [0.15, 0.2) is 0 Å². The van der Waals surface area contributed by atoms with E-state index in [2.05, 4.69) is 45.6 Å². The van der Waals surface area contributed by atoms with Gasteiger partial charge >= 0.3 is 5.97 Å². The van der Waals surface area contributed by atoms with E-state index in [9.17, 15) is 4.79 Å². The summed E-state index contributed by atoms with van der Waals surface area (Å²) in [4.78, 5) is 11.4. The van der Waals surface area contributed by atoms with Crippen molar-refractivity contribution >= 4 is 20.5 Å². The van der Waals surface area contributed by atoms with Crippen LogP contribution < -0.4 is 0 Å². The predicted octanol–water partition coefficient (Wildman–Crippen LogP) is 3.36. The molecule has 1 unspecified atom stereocenters. The van der Waals surface area contributed by atoms with Crippen molar-refractivity contribution in [1.82, 2.24) is 0 Å². The Kier molecular flexibility index (Phi) is 6.32. The Morgan fingerprint density at radius 3 is 2.39 bits per heavy atom. The van der Waals surface area contributed by atoms with E-state index >= 15 is 0 Å². The van der Waals surface area contributed by atoms with Crippen LogP contribution in [0.1, 0.15) is 27.2 Å². The van der Waals surface area contributed by atoms with Crippen molar-refractivity contribution in [2.45, 2.75) is 45.3 Å². The number of ether oxygens (including phenoxy) is 1. The smallest absolute Gasteiger partial charge is 0.314 e. The Balaban J connectivity index is 4.62. The first-order chi connectivity index (χ1) is 8.15. The van der Waals surface area contributed by atoms with Crippen molar-refractivity contribution in [2.24, 2.45) is 11.1 Å². The van der Waals surface area contributed by atoms with E-state index in [0.29, 0.717) is 6.42 Å². The number of nitrogens with zero attached hydrogens (tertiary/aromatic N) is 1. The van der Waals surface area contributed by atoms with Gasteiger partial charge in [-0.2, -0.15) is 0 Å². The Morgan fingerprint density at radius 2 is 2.00 bits per heavy atom. The second-order valence-corrected chi connectivity index (χ2v) is 10.5. The molecule has 0 saturated heterocycles. The van der Waals surface area contributed by atoms with Gasteiger partial charge in [-0.15, -0.1) is 11.7 Å². The second kappa shape index (κ2) is 6.73. The number of carbonyl (C=O) groups excluding carboxylic acids is 1. The first-order valence-electron chi connectivity index (χ1n) is 6.06. The molecule has 0 aromatic carbocycles. The standard InChI is InChI=1S/C13H25NO3Si/c1-8-9-11(12(15)16-5)10-14-17-18(6,7)13(2,3)4/h8,10-11H,1,9H2,2-7H3/b14-10+. The molecule has 0 bridgehead atoms. The molecule has 1 atom stereocenters. The van der Waals surface area contributed by atoms with Gasteiger partial charge in [0, 0.05) is 0 Å². The van der Waals surface area contributed by atoms with E-state index in [1.54, 1.807) is 6.08 Å². The van der Waals surface area contributed by atoms with Crippen LogP contribution >= 0.6 is 0 Å². The molecule has 104 valence electrons. The number of methoxy groups -OCH3 is 1. The highest BCUT2D eigenvalue weighted by molar-refractivity contribution is 6.74. The monoisotopic (exact) mass is 271 g/mol. The van der Waals surface area contributed by atoms with Gasteiger partial charge in [-0.3, -0.25) is 4.79 Å². The van der Waals surface area contributed by atoms with E-state index < -0.39 is 14.2 Å². The van der Waals surface area contributed by atoms with Gasteiger partial charge in [-0.05, 0) is 24.6 Å². The SMILES string of the molecule is C=CCC(/C=N/O[Si](C)(C)C(C)(C)C)C(=O)OC. The van der Waals surface area contributed by atoms with Crippen molar-refractivity contribution in [3.05, 3.63) is 12.7 Å². The van der Waals surface area contributed by atoms with Crippen molar-refractivity contribution in [1.29, 1.82) is 0 Å². The number of carbonyl (C=O) groups is 1. The summed E-state index contributed by atoms with van der Waals surface area (Å²) in [5.41, 5.74) is 0. The van der Waals surface area contributed by atoms with Crippen LogP contribution in [0.2, 0.25) is 18.1 Å². The first kappa shape index (κ1) is 16.9. The Morgan fingerprint density at radius 1 is 1.44 bits per heavy atom. The molecule has 5 heteroatoms. The highest BCUT2D eigenvalue weighted by Gasteiger charge is 2.39. The molecule has 0 saturated carbocycles. The van der Waals surface area contributed by atoms with Gasteiger partial charge < -0.3 is 9.26 Å². The average molecular weight is 271 g/mol. The van der Waals surface area contributed by atoms with Crippen molar-refractivity contribution in [3.63, 3.8) is 0 Å². The largest absolute Gasteiger partial charge is 0.469 e. The molecule has 0 spiro atoms. The lowest BCUT2D eigenvalue weighted by Crippen LogP contribution is -2.39. The average Bonchev–Trinajstić information content (AvgIpc) is 2.25. The van der Waals surface area contributed by atoms with Crippen LogP contribution in [0.3, 0.4) is 0 Å². The van der Waals surface area contributed by atoms with Crippen molar-refractivity contribution < 1.29 is 14.1 Å². The number of esters is 1. The van der Waals surface area contributed by atoms with E-state index in [-0.39, 0.29) is 11.0 Å². The van der Waals surface area contributed by atoms with Crippen LogP contribution in [-0.4, -0.2) is 27.6 Å². The molecule has 0 aromatic heterocycles. The second-order valence-electron chi connectivity index (χ2n) is 5.76. The molecule has 18 heavy (non-hydrogen) atoms. The molecule has 0 fully saturated rings. The molecule has 0 rings (SSSR count). The quantitative estimate of drug-likeness (QED) is 0.245. The van der Waals surface area contributed by atoms with Gasteiger partial charge in [-0.25, -0.2) is 0 Å². The molecule has 4 nitrogen and oxygen atoms in total. The maximum atomic E-state index is 11.4. The Bertz CT molecular complexity index is 319. The minimum absolute atomic E-state index is 0.0868. The van der Waals surface area contributed by atoms with E-state index in [4.69, 9.17) is 9.26 Å². The molecule has 0 radical (unpaired) electrons. The highest BCUT2D eigenvalue weighted by Crippen LogP contribution is 2.36. The van der Waals surface area contributed by atoms with Crippen molar-refractivity contribution in [2.75, 3.05) is 7.11 Å². The molecule has 0 aliphatic heterocycles. The number of allylic oxidation sites excluding steroid dienone is 1. The highest BCUT2D eigenvalue weighted by atomic mass is 28.4. The molecule has 0 N–H and O–H groups in total. The fourth-order valence-corrected chi connectivity index (χ4v) is 1.52. The van der Waals surface area contributed by atoms with Crippen LogP contribution in [0.4, 0.5) is 0 Å². The van der Waals surface area contributed by atoms with Crippen molar-refractivity contribution in [3.8, 4) is 0 Å². The third-order valence-electron chi connectivity index (χ3n) is 3.25. The predicted molar refractivity (Wildman–Crippen MR) is 77.1 cm³/mol. The van der Waals surface area contributed by atoms with E-state index in [1.807, 2.05) is 0 Å². The first-order valence-corrected chi connectivity index (χ1v) is 8.97. The summed E-state index contributed by atoms with van der Waals surface area (Å²) in [5.74, 6) is -0.741. The zero-order chi connectivity index (χ0) is 14.4. The normalized spacial score (nSPS) is 14.3. The molecular formula is C13H25NO3Si. The number of rotatable bonds is 6. The number of oxime groups is 1. The summed E-state index contributed by atoms with van der Waals surface area (Å²) in [6.45, 7) is 14.2. The van der Waals surface area contributed by atoms with Gasteiger partial charge in [0.1, 0.15) is 0 Å². The Labute approximate surface area is 111 Å². The van der Waals surface area contributed by atoms with Crippen LogP contribution in [0, 0.1) is 5.92 Å². The molecular weight excluding hydrogens is 246 g/mol. The summed E-state index contributed by atoms with van der Waals surface area (Å²) in [5, 5.41) is 4.07. The maximum absolute atomic E-state index is 11.4. The van der Waals surface area contributed by atoms with Gasteiger partial charge in [-0.1, -0.05) is 26.8 Å². The summed E-state index contributed by atoms with van der Waals surface area (Å²) in [7, 11) is -0.553. The zero-order valence-corrected chi connectivity index (χ0v) is 13.3. The topological polar surface area (TPSA) is 47.9 Å². The third-order valence-corrected chi connectivity index (χ3v) is 7.43. The molecule has 0 amide bonds. The van der Waals surface area contributed by atoms with Gasteiger partial charge in [0.05, 0.1) is 19.2 Å². The van der Waals surface area contributed by atoms with Crippen LogP contribution in [0.25, 0.3) is 0 Å². The summed E-state index contributed by atoms with van der Waals surface area (Å²) in [6.07, 6.45) is 3.67. The molecule has 0 aliphatic rings. The Hall–Kier alpha value is -1.10. The number of hydrogen-bond donors (Lipinski definition) is 0. The van der Waals surface area contributed by atoms with E-state index in [0.717, 1.165) is 0 Å². The lowest BCUT2D eigenvalue weighted by molar-refractivity contribution is -0.142. The summed E-state index contributed by atoms with van der Waals surface area (Å²) < 4.78 is 10.3. The fraction of sp³-hybridized carbons (Fsp3) is 0.692. The van der Waals surface area contributed by atoms with Crippen LogP contribution in [0.5, 0.6) is 0 Å². The third kappa shape index (κ3) is 5.04. The number of hydrogen-bond acceptors (Lipinski definition) is 4. The minimum atomic E-state index is -1.92. The minimum Gasteiger partial charge on any atom is -0.469 e. The molecule has 0 heterocycles. The molecule has 0 aromatic rings. The zero-order valence-electron chi connectivity index (χ0n) is 12.3. The lowest BCUT2D eigenvalue weighted by Gasteiger charge is -2.33. The van der Waals surface area contributed by atoms with Crippen LogP contribution in [-0.2, 0) is 14.1 Å². The molecule has 0 aliphatic carbocycles. The summed E-state index contributed by atoms with van der Waals surface area (Å²) >= 11 is 0. The van der Waals surface area contributed by atoms with E-state index in [1.165, 1.54) is 13.3 Å². The maximum Gasteiger partial charge on any atom is 0.314 e. The van der Waals surface area contributed by atoms with Crippen LogP contribution in [0.15, 0.2) is 17.8 Å². The lowest BCUT2D eigenvalue weighted by atomic mass is 10.1. The van der Waals surface area contributed by atoms with Gasteiger partial charge in [0.25, 0.3) is 8.32 Å². The van der Waals surface area contributed by atoms with Gasteiger partial charge in [0.2, 0.25) is 0 Å². The fourth-order valence-electron chi connectivity index (χ4n) is 0.921.